The summed E-state index contributed by atoms with van der Waals surface area (Å²) in [7, 11) is 0. The van der Waals surface area contributed by atoms with Gasteiger partial charge in [-0.3, -0.25) is 9.69 Å². The SMILES string of the molecule is CCCN(CCC)C(Cc1cccc2[nH]cnc12)C(=O)OCC. The summed E-state index contributed by atoms with van der Waals surface area (Å²) in [5.41, 5.74) is 3.02. The third kappa shape index (κ3) is 4.32. The summed E-state index contributed by atoms with van der Waals surface area (Å²) in [5.74, 6) is -0.137. The number of aromatic amines is 1. The lowest BCUT2D eigenvalue weighted by atomic mass is 10.0. The minimum atomic E-state index is -0.253. The molecule has 0 fully saturated rings. The second kappa shape index (κ2) is 8.67. The molecule has 1 unspecified atom stereocenters. The number of imidazole rings is 1. The Morgan fingerprint density at radius 3 is 2.65 bits per heavy atom. The van der Waals surface area contributed by atoms with E-state index in [4.69, 9.17) is 4.74 Å². The van der Waals surface area contributed by atoms with Gasteiger partial charge in [0.15, 0.2) is 0 Å². The summed E-state index contributed by atoms with van der Waals surface area (Å²) in [5, 5.41) is 0. The number of carbonyl (C=O) groups excluding carboxylic acids is 1. The van der Waals surface area contributed by atoms with Gasteiger partial charge in [0.2, 0.25) is 0 Å². The molecular weight excluding hydrogens is 290 g/mol. The fourth-order valence-corrected chi connectivity index (χ4v) is 3.00. The molecule has 0 amide bonds. The molecule has 1 aromatic heterocycles. The van der Waals surface area contributed by atoms with Crippen LogP contribution in [0, 0.1) is 0 Å². The molecule has 0 bridgehead atoms. The van der Waals surface area contributed by atoms with Gasteiger partial charge in [-0.05, 0) is 44.5 Å². The predicted octanol–water partition coefficient (Wildman–Crippen LogP) is 3.16. The molecule has 2 aromatic rings. The summed E-state index contributed by atoms with van der Waals surface area (Å²) in [4.78, 5) is 22.3. The lowest BCUT2D eigenvalue weighted by Crippen LogP contribution is -2.44. The van der Waals surface area contributed by atoms with E-state index >= 15 is 0 Å². The number of H-pyrrole nitrogens is 1. The van der Waals surface area contributed by atoms with Crippen LogP contribution in [0.2, 0.25) is 0 Å². The van der Waals surface area contributed by atoms with Crippen molar-refractivity contribution in [2.24, 2.45) is 0 Å². The molecule has 1 aromatic carbocycles. The molecule has 5 heteroatoms. The third-order valence-electron chi connectivity index (χ3n) is 3.97. The number of fused-ring (bicyclic) bond motifs is 1. The monoisotopic (exact) mass is 317 g/mol. The Labute approximate surface area is 138 Å². The number of aromatic nitrogens is 2. The Bertz CT molecular complexity index is 618. The number of para-hydroxylation sites is 1. The van der Waals surface area contributed by atoms with Crippen LogP contribution in [0.3, 0.4) is 0 Å². The zero-order valence-electron chi connectivity index (χ0n) is 14.3. The average Bonchev–Trinajstić information content (AvgIpc) is 3.02. The number of hydrogen-bond acceptors (Lipinski definition) is 4. The largest absolute Gasteiger partial charge is 0.465 e. The third-order valence-corrected chi connectivity index (χ3v) is 3.97. The summed E-state index contributed by atoms with van der Waals surface area (Å²) >= 11 is 0. The first-order valence-corrected chi connectivity index (χ1v) is 8.52. The van der Waals surface area contributed by atoms with E-state index in [0.29, 0.717) is 13.0 Å². The molecule has 5 nitrogen and oxygen atoms in total. The first kappa shape index (κ1) is 17.5. The van der Waals surface area contributed by atoms with Gasteiger partial charge in [0, 0.05) is 6.42 Å². The molecule has 0 aliphatic rings. The number of nitrogens with zero attached hydrogens (tertiary/aromatic N) is 2. The van der Waals surface area contributed by atoms with Gasteiger partial charge in [-0.2, -0.15) is 0 Å². The molecule has 1 N–H and O–H groups in total. The first-order chi connectivity index (χ1) is 11.2. The van der Waals surface area contributed by atoms with Crippen molar-refractivity contribution < 1.29 is 9.53 Å². The van der Waals surface area contributed by atoms with Crippen molar-refractivity contribution in [3.8, 4) is 0 Å². The van der Waals surface area contributed by atoms with E-state index in [0.717, 1.165) is 42.5 Å². The summed E-state index contributed by atoms with van der Waals surface area (Å²) < 4.78 is 5.33. The van der Waals surface area contributed by atoms with Gasteiger partial charge in [-0.25, -0.2) is 4.98 Å². The Balaban J connectivity index is 2.29. The van der Waals surface area contributed by atoms with E-state index in [1.165, 1.54) is 0 Å². The maximum absolute atomic E-state index is 12.5. The summed E-state index contributed by atoms with van der Waals surface area (Å²) in [6, 6.07) is 5.80. The second-order valence-corrected chi connectivity index (χ2v) is 5.72. The lowest BCUT2D eigenvalue weighted by molar-refractivity contribution is -0.149. The molecule has 0 spiro atoms. The van der Waals surface area contributed by atoms with Crippen molar-refractivity contribution in [2.45, 2.75) is 46.1 Å². The number of benzene rings is 1. The summed E-state index contributed by atoms with van der Waals surface area (Å²) in [6.07, 6.45) is 4.36. The Morgan fingerprint density at radius 1 is 1.26 bits per heavy atom. The maximum Gasteiger partial charge on any atom is 0.323 e. The Kier molecular flexibility index (Phi) is 6.59. The fraction of sp³-hybridized carbons (Fsp3) is 0.556. The smallest absolute Gasteiger partial charge is 0.323 e. The van der Waals surface area contributed by atoms with Crippen LogP contribution in [0.1, 0.15) is 39.2 Å². The van der Waals surface area contributed by atoms with Crippen molar-refractivity contribution in [2.75, 3.05) is 19.7 Å². The van der Waals surface area contributed by atoms with Gasteiger partial charge in [-0.1, -0.05) is 26.0 Å². The van der Waals surface area contributed by atoms with Crippen molar-refractivity contribution in [3.63, 3.8) is 0 Å². The van der Waals surface area contributed by atoms with E-state index in [1.807, 2.05) is 25.1 Å². The van der Waals surface area contributed by atoms with Gasteiger partial charge in [0.25, 0.3) is 0 Å². The van der Waals surface area contributed by atoms with Gasteiger partial charge >= 0.3 is 5.97 Å². The van der Waals surface area contributed by atoms with Crippen LogP contribution in [0.4, 0.5) is 0 Å². The number of carbonyl (C=O) groups is 1. The van der Waals surface area contributed by atoms with Gasteiger partial charge in [0.1, 0.15) is 6.04 Å². The van der Waals surface area contributed by atoms with Crippen LogP contribution in [0.5, 0.6) is 0 Å². The van der Waals surface area contributed by atoms with Crippen LogP contribution in [0.25, 0.3) is 11.0 Å². The average molecular weight is 317 g/mol. The highest BCUT2D eigenvalue weighted by molar-refractivity contribution is 5.81. The highest BCUT2D eigenvalue weighted by atomic mass is 16.5. The topological polar surface area (TPSA) is 58.2 Å². The Hall–Kier alpha value is -1.88. The quantitative estimate of drug-likeness (QED) is 0.722. The van der Waals surface area contributed by atoms with Crippen molar-refractivity contribution in [1.82, 2.24) is 14.9 Å². The minimum absolute atomic E-state index is 0.137. The second-order valence-electron chi connectivity index (χ2n) is 5.72. The number of nitrogens with one attached hydrogen (secondary N) is 1. The van der Waals surface area contributed by atoms with Crippen LogP contribution < -0.4 is 0 Å². The highest BCUT2D eigenvalue weighted by Crippen LogP contribution is 2.19. The zero-order valence-corrected chi connectivity index (χ0v) is 14.3. The van der Waals surface area contributed by atoms with Crippen molar-refractivity contribution in [1.29, 1.82) is 0 Å². The van der Waals surface area contributed by atoms with Crippen LogP contribution in [0.15, 0.2) is 24.5 Å². The highest BCUT2D eigenvalue weighted by Gasteiger charge is 2.27. The van der Waals surface area contributed by atoms with Crippen molar-refractivity contribution >= 4 is 17.0 Å². The molecule has 126 valence electrons. The normalized spacial score (nSPS) is 12.7. The van der Waals surface area contributed by atoms with Gasteiger partial charge in [-0.15, -0.1) is 0 Å². The van der Waals surface area contributed by atoms with E-state index in [-0.39, 0.29) is 12.0 Å². The van der Waals surface area contributed by atoms with Gasteiger partial charge in [0.05, 0.1) is 24.0 Å². The molecule has 0 saturated heterocycles. The molecule has 2 rings (SSSR count). The lowest BCUT2D eigenvalue weighted by Gasteiger charge is -2.29. The summed E-state index contributed by atoms with van der Waals surface area (Å²) in [6.45, 7) is 8.34. The first-order valence-electron chi connectivity index (χ1n) is 8.52. The van der Waals surface area contributed by atoms with Crippen LogP contribution >= 0.6 is 0 Å². The maximum atomic E-state index is 12.5. The van der Waals surface area contributed by atoms with Gasteiger partial charge < -0.3 is 9.72 Å². The number of ether oxygens (including phenoxy) is 1. The molecule has 23 heavy (non-hydrogen) atoms. The van der Waals surface area contributed by atoms with Crippen molar-refractivity contribution in [3.05, 3.63) is 30.1 Å². The minimum Gasteiger partial charge on any atom is -0.465 e. The molecule has 0 aliphatic heterocycles. The fourth-order valence-electron chi connectivity index (χ4n) is 3.00. The van der Waals surface area contributed by atoms with Crippen LogP contribution in [-0.4, -0.2) is 46.6 Å². The van der Waals surface area contributed by atoms with E-state index in [9.17, 15) is 4.79 Å². The van der Waals surface area contributed by atoms with E-state index in [1.54, 1.807) is 6.33 Å². The van der Waals surface area contributed by atoms with E-state index in [2.05, 4.69) is 28.7 Å². The number of esters is 1. The van der Waals surface area contributed by atoms with Crippen LogP contribution in [-0.2, 0) is 16.0 Å². The molecule has 1 atom stereocenters. The number of rotatable bonds is 9. The molecule has 0 aliphatic carbocycles. The molecule has 0 saturated carbocycles. The molecule has 1 heterocycles. The molecule has 0 radical (unpaired) electrons. The van der Waals surface area contributed by atoms with E-state index < -0.39 is 0 Å². The zero-order chi connectivity index (χ0) is 16.7. The predicted molar refractivity (Wildman–Crippen MR) is 92.4 cm³/mol. The Morgan fingerprint density at radius 2 is 2.00 bits per heavy atom. The standard InChI is InChI=1S/C18H27N3O2/c1-4-10-21(11-5-2)16(18(22)23-6-3)12-14-8-7-9-15-17(14)20-13-19-15/h7-9,13,16H,4-6,10-12H2,1-3H3,(H,19,20). The number of hydrogen-bond donors (Lipinski definition) is 1. The molecular formula is C18H27N3O2.